The van der Waals surface area contributed by atoms with Crippen LogP contribution in [0.2, 0.25) is 0 Å². The van der Waals surface area contributed by atoms with E-state index in [1.165, 1.54) is 10.5 Å². The summed E-state index contributed by atoms with van der Waals surface area (Å²) in [5.74, 6) is -0.113. The summed E-state index contributed by atoms with van der Waals surface area (Å²) in [6.07, 6.45) is 5.07. The molecule has 0 radical (unpaired) electrons. The molecular weight excluding hydrogens is 761 g/mol. The number of aromatic nitrogens is 3. The lowest BCUT2D eigenvalue weighted by Crippen LogP contribution is -2.58. The molecular formula is C47H54N6O5S. The molecule has 11 nitrogen and oxygen atoms in total. The predicted molar refractivity (Wildman–Crippen MR) is 230 cm³/mol. The van der Waals surface area contributed by atoms with Crippen molar-refractivity contribution in [2.75, 3.05) is 6.54 Å². The van der Waals surface area contributed by atoms with Gasteiger partial charge >= 0.3 is 0 Å². The number of amides is 3. The number of phenols is 1. The second-order valence-corrected chi connectivity index (χ2v) is 18.1. The highest BCUT2D eigenvalue weighted by Crippen LogP contribution is 2.38. The maximum Gasteiger partial charge on any atom is 0.246 e. The van der Waals surface area contributed by atoms with Crippen LogP contribution >= 0.6 is 11.3 Å². The molecule has 308 valence electrons. The van der Waals surface area contributed by atoms with Gasteiger partial charge in [0.2, 0.25) is 17.7 Å². The minimum Gasteiger partial charge on any atom is -0.507 e. The van der Waals surface area contributed by atoms with Crippen molar-refractivity contribution < 1.29 is 24.6 Å². The lowest BCUT2D eigenvalue weighted by molar-refractivity contribution is -0.144. The van der Waals surface area contributed by atoms with Gasteiger partial charge in [-0.1, -0.05) is 81.4 Å². The molecule has 59 heavy (non-hydrogen) atoms. The Morgan fingerprint density at radius 2 is 1.61 bits per heavy atom. The Kier molecular flexibility index (Phi) is 12.6. The number of hydrogen-bond acceptors (Lipinski definition) is 9. The van der Waals surface area contributed by atoms with Gasteiger partial charge in [-0.15, -0.1) is 11.3 Å². The van der Waals surface area contributed by atoms with Crippen molar-refractivity contribution in [2.45, 2.75) is 103 Å². The van der Waals surface area contributed by atoms with E-state index in [2.05, 4.69) is 50.1 Å². The number of carbonyl (C=O) groups excluding carboxylic acids is 3. The van der Waals surface area contributed by atoms with Crippen LogP contribution in [0.1, 0.15) is 95.0 Å². The average Bonchev–Trinajstić information content (AvgIpc) is 3.85. The van der Waals surface area contributed by atoms with E-state index in [1.807, 2.05) is 82.6 Å². The van der Waals surface area contributed by atoms with E-state index in [0.29, 0.717) is 23.6 Å². The fourth-order valence-electron chi connectivity index (χ4n) is 8.49. The normalized spacial score (nSPS) is 20.5. The molecule has 0 bridgehead atoms. The van der Waals surface area contributed by atoms with Crippen molar-refractivity contribution in [1.82, 2.24) is 30.7 Å². The van der Waals surface area contributed by atoms with Gasteiger partial charge in [-0.3, -0.25) is 14.4 Å². The molecule has 2 aromatic heterocycles. The summed E-state index contributed by atoms with van der Waals surface area (Å²) in [5.41, 5.74) is 8.60. The molecule has 3 amide bonds. The Labute approximate surface area is 350 Å². The quantitative estimate of drug-likeness (QED) is 0.105. The molecule has 1 aliphatic heterocycles. The number of phenolic OH excluding ortho intramolecular Hbond substituents is 1. The zero-order valence-electron chi connectivity index (χ0n) is 34.4. The van der Waals surface area contributed by atoms with Crippen LogP contribution in [0.15, 0.2) is 90.6 Å². The van der Waals surface area contributed by atoms with Crippen LogP contribution in [0, 0.1) is 18.3 Å². The number of aryl methyl sites for hydroxylation is 1. The third kappa shape index (κ3) is 9.71. The number of hydrogen-bond donors (Lipinski definition) is 4. The Morgan fingerprint density at radius 3 is 2.27 bits per heavy atom. The molecule has 3 aromatic carbocycles. The van der Waals surface area contributed by atoms with E-state index in [4.69, 9.17) is 0 Å². The van der Waals surface area contributed by atoms with E-state index >= 15 is 0 Å². The van der Waals surface area contributed by atoms with Gasteiger partial charge in [-0.25, -0.2) is 4.98 Å². The summed E-state index contributed by atoms with van der Waals surface area (Å²) in [5, 5.41) is 35.5. The van der Waals surface area contributed by atoms with E-state index in [-0.39, 0.29) is 48.4 Å². The number of β-amino-alcohol motifs (C(OH)–C–C–N with tert-alkyl or cyclic N) is 1. The summed E-state index contributed by atoms with van der Waals surface area (Å²) >= 11 is 1.59. The lowest BCUT2D eigenvalue weighted by atomic mass is 9.77. The van der Waals surface area contributed by atoms with Crippen molar-refractivity contribution in [3.8, 4) is 38.6 Å². The second-order valence-electron chi connectivity index (χ2n) is 17.3. The van der Waals surface area contributed by atoms with E-state index < -0.39 is 23.6 Å². The number of thiazole rings is 1. The number of rotatable bonds is 11. The number of aromatic hydroxyl groups is 1. The number of likely N-dealkylation sites (tertiary alicyclic amines) is 1. The summed E-state index contributed by atoms with van der Waals surface area (Å²) in [6, 6.07) is 23.5. The zero-order valence-corrected chi connectivity index (χ0v) is 35.2. The van der Waals surface area contributed by atoms with Crippen molar-refractivity contribution in [3.05, 3.63) is 107 Å². The molecule has 2 aliphatic rings. The van der Waals surface area contributed by atoms with Gasteiger partial charge in [0.05, 0.1) is 40.1 Å². The van der Waals surface area contributed by atoms with Gasteiger partial charge in [0.15, 0.2) is 0 Å². The Bertz CT molecular complexity index is 2260. The van der Waals surface area contributed by atoms with Gasteiger partial charge in [0.25, 0.3) is 0 Å². The molecule has 2 fully saturated rings. The summed E-state index contributed by atoms with van der Waals surface area (Å²) < 4.78 is 0. The SMILES string of the molecule is Cc1ncsc1-c1ccc(C(C)NC(=O)[C@@H]2C[C@@H](O)CN2C(=O)C(NC(=O)CC2CCC(c3ccc(-c4cnnc(-c5ccccc5O)c4)cc3)CC2)C(C)(C)C)cc1. The maximum atomic E-state index is 14.2. The Balaban J connectivity index is 0.924. The van der Waals surface area contributed by atoms with Gasteiger partial charge in [-0.2, -0.15) is 10.2 Å². The highest BCUT2D eigenvalue weighted by molar-refractivity contribution is 7.13. The molecule has 1 aliphatic carbocycles. The third-order valence-corrected chi connectivity index (χ3v) is 12.9. The minimum absolute atomic E-state index is 0.0281. The van der Waals surface area contributed by atoms with Crippen molar-refractivity contribution >= 4 is 29.1 Å². The average molecular weight is 815 g/mol. The summed E-state index contributed by atoms with van der Waals surface area (Å²) in [4.78, 5) is 48.4. The predicted octanol–water partition coefficient (Wildman–Crippen LogP) is 7.98. The maximum absolute atomic E-state index is 14.2. The largest absolute Gasteiger partial charge is 0.507 e. The van der Waals surface area contributed by atoms with E-state index in [9.17, 15) is 24.6 Å². The fourth-order valence-corrected chi connectivity index (χ4v) is 9.30. The molecule has 0 spiro atoms. The van der Waals surface area contributed by atoms with Gasteiger partial charge in [0.1, 0.15) is 17.8 Å². The first-order chi connectivity index (χ1) is 28.2. The molecule has 12 heteroatoms. The number of nitrogens with zero attached hydrogens (tertiary/aromatic N) is 4. The Hall–Kier alpha value is -5.46. The summed E-state index contributed by atoms with van der Waals surface area (Å²) in [7, 11) is 0. The standard InChI is InChI=1S/C47H54N6O5S/c1-28(31-14-20-35(21-15-31)43-29(2)48-27-59-43)50-45(57)40-24-37(54)26-53(40)46(58)44(47(3,4)5)51-42(56)22-30-10-12-32(13-11-30)33-16-18-34(19-17-33)36-23-39(52-49-25-36)38-8-6-7-9-41(38)55/h6-9,14-21,23,25,27-28,30,32,37,40,44,54-55H,10-13,22,24,26H2,1-5H3,(H,50,57)(H,51,56)/t28?,30?,32?,37-,40+,44?/m1/s1. The molecule has 4 N–H and O–H groups in total. The van der Waals surface area contributed by atoms with Crippen LogP contribution in [-0.4, -0.2) is 72.7 Å². The highest BCUT2D eigenvalue weighted by Gasteiger charge is 2.45. The number of carbonyl (C=O) groups is 3. The Morgan fingerprint density at radius 1 is 0.915 bits per heavy atom. The first kappa shape index (κ1) is 41.7. The minimum atomic E-state index is -0.865. The fraction of sp³-hybridized carbons (Fsp3) is 0.404. The molecule has 3 heterocycles. The monoisotopic (exact) mass is 814 g/mol. The van der Waals surface area contributed by atoms with E-state index in [0.717, 1.165) is 58.5 Å². The molecule has 2 unspecified atom stereocenters. The van der Waals surface area contributed by atoms with Crippen LogP contribution in [0.25, 0.3) is 32.8 Å². The zero-order chi connectivity index (χ0) is 41.8. The highest BCUT2D eigenvalue weighted by atomic mass is 32.1. The van der Waals surface area contributed by atoms with E-state index in [1.54, 1.807) is 29.7 Å². The van der Waals surface area contributed by atoms with Gasteiger partial charge in [-0.05, 0) is 97.2 Å². The molecule has 4 atom stereocenters. The smallest absolute Gasteiger partial charge is 0.246 e. The molecule has 7 rings (SSSR count). The number of para-hydroxylation sites is 1. The first-order valence-electron chi connectivity index (χ1n) is 20.5. The van der Waals surface area contributed by atoms with Crippen LogP contribution in [-0.2, 0) is 14.4 Å². The van der Waals surface area contributed by atoms with Crippen LogP contribution in [0.3, 0.4) is 0 Å². The van der Waals surface area contributed by atoms with Crippen LogP contribution < -0.4 is 10.6 Å². The van der Waals surface area contributed by atoms with Crippen molar-refractivity contribution in [1.29, 1.82) is 0 Å². The van der Waals surface area contributed by atoms with Gasteiger partial charge in [0, 0.05) is 30.5 Å². The molecule has 5 aromatic rings. The third-order valence-electron chi connectivity index (χ3n) is 11.9. The van der Waals surface area contributed by atoms with Crippen molar-refractivity contribution in [3.63, 3.8) is 0 Å². The topological polar surface area (TPSA) is 158 Å². The second kappa shape index (κ2) is 17.8. The number of aliphatic hydroxyl groups is 1. The number of nitrogens with one attached hydrogen (secondary N) is 2. The van der Waals surface area contributed by atoms with Crippen LogP contribution in [0.4, 0.5) is 0 Å². The molecule has 1 saturated heterocycles. The van der Waals surface area contributed by atoms with Gasteiger partial charge < -0.3 is 25.7 Å². The lowest BCUT2D eigenvalue weighted by Gasteiger charge is -2.36. The number of benzene rings is 3. The van der Waals surface area contributed by atoms with Crippen molar-refractivity contribution in [2.24, 2.45) is 11.3 Å². The number of aliphatic hydroxyl groups excluding tert-OH is 1. The van der Waals surface area contributed by atoms with Crippen LogP contribution in [0.5, 0.6) is 5.75 Å². The summed E-state index contributed by atoms with van der Waals surface area (Å²) in [6.45, 7) is 9.64. The molecule has 1 saturated carbocycles. The first-order valence-corrected chi connectivity index (χ1v) is 21.4.